The van der Waals surface area contributed by atoms with E-state index in [1.807, 2.05) is 37.3 Å². The maximum atomic E-state index is 10.4. The first-order chi connectivity index (χ1) is 10.3. The Balaban J connectivity index is 1.83. The van der Waals surface area contributed by atoms with E-state index in [0.29, 0.717) is 17.4 Å². The predicted octanol–water partition coefficient (Wildman–Crippen LogP) is 2.36. The highest BCUT2D eigenvalue weighted by Crippen LogP contribution is 2.30. The van der Waals surface area contributed by atoms with Gasteiger partial charge in [-0.1, -0.05) is 42.4 Å². The first-order valence-electron chi connectivity index (χ1n) is 6.58. The van der Waals surface area contributed by atoms with Crippen molar-refractivity contribution in [2.75, 3.05) is 0 Å². The molecule has 0 amide bonds. The molecular weight excluding hydrogens is 268 g/mol. The van der Waals surface area contributed by atoms with E-state index in [0.717, 1.165) is 5.56 Å². The van der Waals surface area contributed by atoms with Crippen molar-refractivity contribution < 1.29 is 9.63 Å². The second kappa shape index (κ2) is 5.80. The van der Waals surface area contributed by atoms with E-state index in [9.17, 15) is 5.11 Å². The summed E-state index contributed by atoms with van der Waals surface area (Å²) in [6.45, 7) is 1.84. The molecule has 0 aliphatic carbocycles. The SMILES string of the molecule is CC(c1nc(-c2ccncn2)no1)C(O)c1ccccc1. The van der Waals surface area contributed by atoms with Gasteiger partial charge in [-0.05, 0) is 11.6 Å². The third-order valence-corrected chi connectivity index (χ3v) is 3.26. The van der Waals surface area contributed by atoms with Gasteiger partial charge in [-0.15, -0.1) is 0 Å². The van der Waals surface area contributed by atoms with Crippen molar-refractivity contribution in [2.45, 2.75) is 18.9 Å². The number of aliphatic hydroxyl groups excluding tert-OH is 1. The number of aliphatic hydroxyl groups is 1. The molecule has 3 aromatic rings. The Kier molecular flexibility index (Phi) is 3.70. The number of hydrogen-bond acceptors (Lipinski definition) is 6. The van der Waals surface area contributed by atoms with Crippen LogP contribution in [0.25, 0.3) is 11.5 Å². The summed E-state index contributed by atoms with van der Waals surface area (Å²) in [5, 5.41) is 14.3. The molecule has 0 aliphatic rings. The Morgan fingerprint density at radius 2 is 1.95 bits per heavy atom. The molecule has 0 radical (unpaired) electrons. The minimum absolute atomic E-state index is 0.310. The fourth-order valence-electron chi connectivity index (χ4n) is 2.02. The normalized spacial score (nSPS) is 13.8. The topological polar surface area (TPSA) is 84.9 Å². The molecule has 0 bridgehead atoms. The molecule has 1 N–H and O–H groups in total. The molecule has 106 valence electrons. The number of aromatic nitrogens is 4. The minimum Gasteiger partial charge on any atom is -0.388 e. The number of rotatable bonds is 4. The van der Waals surface area contributed by atoms with Crippen LogP contribution in [0.1, 0.15) is 30.4 Å². The van der Waals surface area contributed by atoms with Gasteiger partial charge in [0.25, 0.3) is 0 Å². The maximum absolute atomic E-state index is 10.4. The van der Waals surface area contributed by atoms with Gasteiger partial charge < -0.3 is 9.63 Å². The van der Waals surface area contributed by atoms with Crippen LogP contribution >= 0.6 is 0 Å². The highest BCUT2D eigenvalue weighted by Gasteiger charge is 2.24. The third kappa shape index (κ3) is 2.80. The minimum atomic E-state index is -0.704. The van der Waals surface area contributed by atoms with Crippen molar-refractivity contribution in [3.63, 3.8) is 0 Å². The van der Waals surface area contributed by atoms with Crippen molar-refractivity contribution in [3.8, 4) is 11.5 Å². The van der Waals surface area contributed by atoms with Gasteiger partial charge in [0.1, 0.15) is 12.0 Å². The summed E-state index contributed by atoms with van der Waals surface area (Å²) in [5.41, 5.74) is 1.40. The Morgan fingerprint density at radius 3 is 2.67 bits per heavy atom. The molecular formula is C15H14N4O2. The number of benzene rings is 1. The molecule has 2 aromatic heterocycles. The van der Waals surface area contributed by atoms with E-state index in [-0.39, 0.29) is 5.92 Å². The second-order valence-corrected chi connectivity index (χ2v) is 4.70. The Bertz CT molecular complexity index is 700. The number of hydrogen-bond donors (Lipinski definition) is 1. The van der Waals surface area contributed by atoms with E-state index in [1.54, 1.807) is 12.3 Å². The van der Waals surface area contributed by atoms with Gasteiger partial charge in [0, 0.05) is 6.20 Å². The lowest BCUT2D eigenvalue weighted by Crippen LogP contribution is -2.08. The molecule has 0 spiro atoms. The summed E-state index contributed by atoms with van der Waals surface area (Å²) in [4.78, 5) is 12.2. The zero-order chi connectivity index (χ0) is 14.7. The highest BCUT2D eigenvalue weighted by atomic mass is 16.5. The van der Waals surface area contributed by atoms with E-state index in [4.69, 9.17) is 4.52 Å². The molecule has 6 nitrogen and oxygen atoms in total. The van der Waals surface area contributed by atoms with Crippen LogP contribution in [0.15, 0.2) is 53.4 Å². The Labute approximate surface area is 121 Å². The quantitative estimate of drug-likeness (QED) is 0.790. The van der Waals surface area contributed by atoms with Crippen LogP contribution in [0, 0.1) is 0 Å². The van der Waals surface area contributed by atoms with Gasteiger partial charge in [0.15, 0.2) is 0 Å². The molecule has 1 aromatic carbocycles. The zero-order valence-corrected chi connectivity index (χ0v) is 11.4. The fraction of sp³-hybridized carbons (Fsp3) is 0.200. The molecule has 0 aliphatic heterocycles. The highest BCUT2D eigenvalue weighted by molar-refractivity contribution is 5.46. The average molecular weight is 282 g/mol. The van der Waals surface area contributed by atoms with Crippen molar-refractivity contribution in [1.29, 1.82) is 0 Å². The summed E-state index contributed by atoms with van der Waals surface area (Å²) >= 11 is 0. The van der Waals surface area contributed by atoms with Crippen LogP contribution in [-0.4, -0.2) is 25.2 Å². The largest absolute Gasteiger partial charge is 0.388 e. The van der Waals surface area contributed by atoms with E-state index < -0.39 is 6.10 Å². The van der Waals surface area contributed by atoms with Gasteiger partial charge in [-0.25, -0.2) is 9.97 Å². The Morgan fingerprint density at radius 1 is 1.14 bits per heavy atom. The van der Waals surface area contributed by atoms with Crippen molar-refractivity contribution >= 4 is 0 Å². The van der Waals surface area contributed by atoms with Crippen LogP contribution in [0.2, 0.25) is 0 Å². The molecule has 2 heterocycles. The Hall–Kier alpha value is -2.60. The fourth-order valence-corrected chi connectivity index (χ4v) is 2.02. The lowest BCUT2D eigenvalue weighted by atomic mass is 9.97. The summed E-state index contributed by atoms with van der Waals surface area (Å²) in [7, 11) is 0. The zero-order valence-electron chi connectivity index (χ0n) is 11.4. The smallest absolute Gasteiger partial charge is 0.232 e. The first-order valence-corrected chi connectivity index (χ1v) is 6.58. The molecule has 0 fully saturated rings. The average Bonchev–Trinajstić information content (AvgIpc) is 3.05. The van der Waals surface area contributed by atoms with Crippen LogP contribution < -0.4 is 0 Å². The van der Waals surface area contributed by atoms with Crippen molar-refractivity contribution in [2.24, 2.45) is 0 Å². The molecule has 6 heteroatoms. The van der Waals surface area contributed by atoms with Gasteiger partial charge in [-0.3, -0.25) is 0 Å². The molecule has 2 atom stereocenters. The first kappa shape index (κ1) is 13.4. The van der Waals surface area contributed by atoms with Crippen molar-refractivity contribution in [1.82, 2.24) is 20.1 Å². The molecule has 0 saturated heterocycles. The third-order valence-electron chi connectivity index (χ3n) is 3.26. The van der Waals surface area contributed by atoms with Crippen LogP contribution in [0.3, 0.4) is 0 Å². The molecule has 3 rings (SSSR count). The maximum Gasteiger partial charge on any atom is 0.232 e. The van der Waals surface area contributed by atoms with E-state index >= 15 is 0 Å². The summed E-state index contributed by atoms with van der Waals surface area (Å²) in [6, 6.07) is 11.1. The lowest BCUT2D eigenvalue weighted by molar-refractivity contribution is 0.135. The van der Waals surface area contributed by atoms with Crippen LogP contribution in [0.5, 0.6) is 0 Å². The lowest BCUT2D eigenvalue weighted by Gasteiger charge is -2.15. The molecule has 21 heavy (non-hydrogen) atoms. The summed E-state index contributed by atoms with van der Waals surface area (Å²) in [5.74, 6) is 0.454. The second-order valence-electron chi connectivity index (χ2n) is 4.70. The van der Waals surface area contributed by atoms with Gasteiger partial charge in [-0.2, -0.15) is 4.98 Å². The standard InChI is InChI=1S/C15H14N4O2/c1-10(13(20)11-5-3-2-4-6-11)15-18-14(19-21-15)12-7-8-16-9-17-12/h2-10,13,20H,1H3. The van der Waals surface area contributed by atoms with E-state index in [1.165, 1.54) is 6.33 Å². The predicted molar refractivity (Wildman–Crippen MR) is 75.1 cm³/mol. The molecule has 2 unspecified atom stereocenters. The number of nitrogens with zero attached hydrogens (tertiary/aromatic N) is 4. The van der Waals surface area contributed by atoms with Gasteiger partial charge >= 0.3 is 0 Å². The van der Waals surface area contributed by atoms with Crippen LogP contribution in [0.4, 0.5) is 0 Å². The van der Waals surface area contributed by atoms with E-state index in [2.05, 4.69) is 20.1 Å². The van der Waals surface area contributed by atoms with Gasteiger partial charge in [0.05, 0.1) is 12.0 Å². The van der Waals surface area contributed by atoms with Crippen LogP contribution in [-0.2, 0) is 0 Å². The summed E-state index contributed by atoms with van der Waals surface area (Å²) in [6.07, 6.45) is 2.33. The van der Waals surface area contributed by atoms with Crippen molar-refractivity contribution in [3.05, 3.63) is 60.4 Å². The molecule has 0 saturated carbocycles. The summed E-state index contributed by atoms with van der Waals surface area (Å²) < 4.78 is 5.24. The van der Waals surface area contributed by atoms with Gasteiger partial charge in [0.2, 0.25) is 11.7 Å². The monoisotopic (exact) mass is 282 g/mol.